The van der Waals surface area contributed by atoms with Crippen LogP contribution >= 0.6 is 22.6 Å². The molecule has 1 rings (SSSR count). The molecule has 0 aromatic carbocycles. The van der Waals surface area contributed by atoms with E-state index < -0.39 is 0 Å². The number of rotatable bonds is 3. The van der Waals surface area contributed by atoms with Crippen LogP contribution in [0, 0.1) is 5.92 Å². The van der Waals surface area contributed by atoms with Crippen LogP contribution in [0.2, 0.25) is 0 Å². The molecule has 0 aliphatic carbocycles. The van der Waals surface area contributed by atoms with Crippen molar-refractivity contribution in [3.63, 3.8) is 0 Å². The maximum atomic E-state index is 11.1. The van der Waals surface area contributed by atoms with Crippen molar-refractivity contribution in [2.75, 3.05) is 19.7 Å². The zero-order valence-electron chi connectivity index (χ0n) is 7.96. The molecule has 1 fully saturated rings. The fraction of sp³-hybridized carbons (Fsp3) is 0.889. The van der Waals surface area contributed by atoms with Gasteiger partial charge in [-0.25, -0.2) is 0 Å². The van der Waals surface area contributed by atoms with Crippen LogP contribution < -0.4 is 5.32 Å². The first kappa shape index (κ1) is 11.2. The number of piperidine rings is 1. The first-order chi connectivity index (χ1) is 6.20. The molecule has 2 N–H and O–H groups in total. The Hall–Kier alpha value is 0.160. The summed E-state index contributed by atoms with van der Waals surface area (Å²) in [5.41, 5.74) is 0. The average Bonchev–Trinajstić information content (AvgIpc) is 2.15. The number of hydrogen-bond donors (Lipinski definition) is 1. The number of nitrogens with two attached hydrogens (primary N) is 1. The van der Waals surface area contributed by atoms with Crippen molar-refractivity contribution in [3.05, 3.63) is 0 Å². The lowest BCUT2D eigenvalue weighted by molar-refractivity contribution is -0.665. The third-order valence-corrected chi connectivity index (χ3v) is 2.85. The minimum atomic E-state index is -0.0739. The second kappa shape index (κ2) is 5.80. The summed E-state index contributed by atoms with van der Waals surface area (Å²) in [6, 6.07) is 0. The zero-order valence-corrected chi connectivity index (χ0v) is 10.1. The zero-order chi connectivity index (χ0) is 9.68. The van der Waals surface area contributed by atoms with Crippen molar-refractivity contribution in [2.45, 2.75) is 23.7 Å². The predicted molar refractivity (Wildman–Crippen MR) is 58.8 cm³/mol. The summed E-state index contributed by atoms with van der Waals surface area (Å²) >= 11 is 2.08. The quantitative estimate of drug-likeness (QED) is 0.463. The van der Waals surface area contributed by atoms with Crippen molar-refractivity contribution in [3.8, 4) is 0 Å². The maximum Gasteiger partial charge on any atom is 0.318 e. The molecular weight excluding hydrogens is 281 g/mol. The highest BCUT2D eigenvalue weighted by atomic mass is 127. The second-order valence-corrected chi connectivity index (χ2v) is 5.42. The molecule has 3 nitrogen and oxygen atoms in total. The first-order valence-electron chi connectivity index (χ1n) is 4.82. The van der Waals surface area contributed by atoms with E-state index in [9.17, 15) is 4.79 Å². The second-order valence-electron chi connectivity index (χ2n) is 3.56. The van der Waals surface area contributed by atoms with Gasteiger partial charge in [0.15, 0.2) is 0 Å². The molecule has 0 bridgehead atoms. The number of esters is 1. The van der Waals surface area contributed by atoms with Crippen LogP contribution in [0.15, 0.2) is 0 Å². The molecule has 1 unspecified atom stereocenters. The third kappa shape index (κ3) is 4.26. The van der Waals surface area contributed by atoms with E-state index in [1.807, 2.05) is 6.92 Å². The third-order valence-electron chi connectivity index (χ3n) is 2.34. The van der Waals surface area contributed by atoms with E-state index in [1.165, 1.54) is 25.9 Å². The van der Waals surface area contributed by atoms with Crippen LogP contribution in [0.5, 0.6) is 0 Å². The highest BCUT2D eigenvalue weighted by Crippen LogP contribution is 2.10. The molecule has 0 spiro atoms. The summed E-state index contributed by atoms with van der Waals surface area (Å²) in [4.78, 5) is 11.1. The lowest BCUT2D eigenvalue weighted by Gasteiger charge is -2.20. The maximum absolute atomic E-state index is 11.1. The molecule has 0 aromatic rings. The topological polar surface area (TPSA) is 42.9 Å². The molecule has 0 radical (unpaired) electrons. The molecule has 76 valence electrons. The van der Waals surface area contributed by atoms with Gasteiger partial charge in [0.05, 0.1) is 19.7 Å². The smallest absolute Gasteiger partial charge is 0.318 e. The number of carbonyl (C=O) groups is 1. The SMILES string of the molecule is CC(I)C(=O)OCC1CC[NH2+]CC1. The summed E-state index contributed by atoms with van der Waals surface area (Å²) in [5.74, 6) is 0.527. The van der Waals surface area contributed by atoms with E-state index in [1.54, 1.807) is 0 Å². The van der Waals surface area contributed by atoms with Crippen molar-refractivity contribution in [2.24, 2.45) is 5.92 Å². The van der Waals surface area contributed by atoms with Crippen LogP contribution in [-0.2, 0) is 9.53 Å². The van der Waals surface area contributed by atoms with Gasteiger partial charge >= 0.3 is 5.97 Å². The molecule has 4 heteroatoms. The van der Waals surface area contributed by atoms with Gasteiger partial charge in [-0.15, -0.1) is 0 Å². The minimum Gasteiger partial charge on any atom is -0.465 e. The molecular formula is C9H17INO2+. The Balaban J connectivity index is 2.13. The summed E-state index contributed by atoms with van der Waals surface area (Å²) in [6.45, 7) is 4.85. The average molecular weight is 298 g/mol. The number of alkyl halides is 1. The van der Waals surface area contributed by atoms with Crippen molar-refractivity contribution in [1.82, 2.24) is 0 Å². The molecule has 1 aliphatic rings. The largest absolute Gasteiger partial charge is 0.465 e. The van der Waals surface area contributed by atoms with Gasteiger partial charge in [-0.1, -0.05) is 22.6 Å². The molecule has 1 aliphatic heterocycles. The Labute approximate surface area is 92.7 Å². The van der Waals surface area contributed by atoms with Crippen molar-refractivity contribution < 1.29 is 14.8 Å². The van der Waals surface area contributed by atoms with E-state index in [0.29, 0.717) is 12.5 Å². The van der Waals surface area contributed by atoms with Crippen LogP contribution in [0.1, 0.15) is 19.8 Å². The fourth-order valence-corrected chi connectivity index (χ4v) is 1.66. The monoisotopic (exact) mass is 298 g/mol. The van der Waals surface area contributed by atoms with E-state index in [0.717, 1.165) is 0 Å². The van der Waals surface area contributed by atoms with Gasteiger partial charge in [0.2, 0.25) is 0 Å². The molecule has 13 heavy (non-hydrogen) atoms. The van der Waals surface area contributed by atoms with E-state index in [2.05, 4.69) is 27.9 Å². The normalized spacial score (nSPS) is 21.1. The minimum absolute atomic E-state index is 0.0206. The van der Waals surface area contributed by atoms with Crippen LogP contribution in [0.4, 0.5) is 0 Å². The standard InChI is InChI=1S/C9H16INO2/c1-7(10)9(12)13-6-8-2-4-11-5-3-8/h7-8,11H,2-6H2,1H3/p+1. The highest BCUT2D eigenvalue weighted by molar-refractivity contribution is 14.1. The summed E-state index contributed by atoms with van der Waals surface area (Å²) in [6.07, 6.45) is 2.37. The van der Waals surface area contributed by atoms with Gasteiger partial charge in [-0.2, -0.15) is 0 Å². The number of quaternary nitrogens is 1. The molecule has 1 atom stereocenters. The molecule has 0 amide bonds. The van der Waals surface area contributed by atoms with E-state index in [-0.39, 0.29) is 9.89 Å². The molecule has 0 aromatic heterocycles. The lowest BCUT2D eigenvalue weighted by atomic mass is 9.99. The molecule has 0 saturated carbocycles. The Morgan fingerprint density at radius 3 is 2.77 bits per heavy atom. The Bertz CT molecular complexity index is 167. The summed E-state index contributed by atoms with van der Waals surface area (Å²) in [7, 11) is 0. The molecule has 1 saturated heterocycles. The van der Waals surface area contributed by atoms with E-state index in [4.69, 9.17) is 4.74 Å². The Morgan fingerprint density at radius 2 is 2.23 bits per heavy atom. The van der Waals surface area contributed by atoms with Crippen LogP contribution in [0.3, 0.4) is 0 Å². The first-order valence-corrected chi connectivity index (χ1v) is 6.07. The van der Waals surface area contributed by atoms with Crippen LogP contribution in [-0.4, -0.2) is 29.6 Å². The van der Waals surface area contributed by atoms with Crippen molar-refractivity contribution >= 4 is 28.6 Å². The highest BCUT2D eigenvalue weighted by Gasteiger charge is 2.18. The number of halogens is 1. The fourth-order valence-electron chi connectivity index (χ4n) is 1.48. The number of ether oxygens (including phenoxy) is 1. The van der Waals surface area contributed by atoms with Gasteiger partial charge in [-0.05, 0) is 6.92 Å². The number of hydrogen-bond acceptors (Lipinski definition) is 2. The lowest BCUT2D eigenvalue weighted by Crippen LogP contribution is -2.86. The van der Waals surface area contributed by atoms with Gasteiger partial charge in [-0.3, -0.25) is 4.79 Å². The van der Waals surface area contributed by atoms with Gasteiger partial charge < -0.3 is 10.1 Å². The summed E-state index contributed by atoms with van der Waals surface area (Å²) < 4.78 is 5.16. The Kier molecular flexibility index (Phi) is 5.01. The van der Waals surface area contributed by atoms with Crippen molar-refractivity contribution in [1.29, 1.82) is 0 Å². The van der Waals surface area contributed by atoms with Crippen LogP contribution in [0.25, 0.3) is 0 Å². The van der Waals surface area contributed by atoms with Gasteiger partial charge in [0.25, 0.3) is 0 Å². The molecule has 1 heterocycles. The van der Waals surface area contributed by atoms with Gasteiger partial charge in [0.1, 0.15) is 3.92 Å². The van der Waals surface area contributed by atoms with Gasteiger partial charge in [0, 0.05) is 18.8 Å². The number of carbonyl (C=O) groups excluding carboxylic acids is 1. The Morgan fingerprint density at radius 1 is 1.62 bits per heavy atom. The van der Waals surface area contributed by atoms with E-state index >= 15 is 0 Å². The summed E-state index contributed by atoms with van der Waals surface area (Å²) in [5, 5.41) is 2.32. The predicted octanol–water partition coefficient (Wildman–Crippen LogP) is 0.327.